The molecule has 2 aromatic heterocycles. The summed E-state index contributed by atoms with van der Waals surface area (Å²) in [6.45, 7) is 1.94. The molecule has 0 unspecified atom stereocenters. The first-order chi connectivity index (χ1) is 7.69. The second kappa shape index (κ2) is 4.51. The predicted octanol–water partition coefficient (Wildman–Crippen LogP) is 2.45. The molecule has 0 aliphatic carbocycles. The average molecular weight is 248 g/mol. The average Bonchev–Trinajstić information content (AvgIpc) is 2.67. The van der Waals surface area contributed by atoms with Gasteiger partial charge in [0, 0.05) is 17.3 Å². The lowest BCUT2D eigenvalue weighted by molar-refractivity contribution is 1.11. The van der Waals surface area contributed by atoms with Crippen LogP contribution in [0.1, 0.15) is 11.3 Å². The number of nitrogens with zero attached hydrogens (tertiary/aromatic N) is 3. The molecule has 0 amide bonds. The van der Waals surface area contributed by atoms with Crippen LogP contribution in [-0.4, -0.2) is 9.97 Å². The van der Waals surface area contributed by atoms with E-state index in [0.717, 1.165) is 10.0 Å². The lowest BCUT2D eigenvalue weighted by Crippen LogP contribution is -1.92. The van der Waals surface area contributed by atoms with Crippen molar-refractivity contribution in [1.82, 2.24) is 9.97 Å². The zero-order valence-corrected chi connectivity index (χ0v) is 10.1. The fourth-order valence-corrected chi connectivity index (χ4v) is 2.81. The Bertz CT molecular complexity index is 556. The Morgan fingerprint density at radius 1 is 1.56 bits per heavy atom. The van der Waals surface area contributed by atoms with Crippen LogP contribution in [0.25, 0.3) is 0 Å². The number of nitriles is 1. The molecule has 80 valence electrons. The fraction of sp³-hybridized carbons (Fsp3) is 0.100. The maximum atomic E-state index is 8.68. The number of hydrogen-bond donors (Lipinski definition) is 1. The van der Waals surface area contributed by atoms with Gasteiger partial charge in [-0.2, -0.15) is 5.26 Å². The highest BCUT2D eigenvalue weighted by Gasteiger charge is 2.07. The standard InChI is InChI=1S/C10H8N4S2/c1-6-5-15-10(14-6)16-9-8(12)2-7(3-11)4-13-9/h2,4-5H,12H2,1H3. The molecule has 0 spiro atoms. The number of nitrogen functional groups attached to an aromatic ring is 1. The Balaban J connectivity index is 2.26. The molecular formula is C10H8N4S2. The van der Waals surface area contributed by atoms with Crippen LogP contribution in [-0.2, 0) is 0 Å². The maximum absolute atomic E-state index is 8.68. The second-order valence-corrected chi connectivity index (χ2v) is 5.18. The molecule has 0 aliphatic heterocycles. The fourth-order valence-electron chi connectivity index (χ4n) is 1.08. The van der Waals surface area contributed by atoms with E-state index in [1.54, 1.807) is 17.4 Å². The summed E-state index contributed by atoms with van der Waals surface area (Å²) in [6.07, 6.45) is 1.51. The monoisotopic (exact) mass is 248 g/mol. The molecule has 2 heterocycles. The van der Waals surface area contributed by atoms with E-state index in [0.29, 0.717) is 16.3 Å². The highest BCUT2D eigenvalue weighted by molar-refractivity contribution is 8.01. The lowest BCUT2D eigenvalue weighted by Gasteiger charge is -2.01. The van der Waals surface area contributed by atoms with Crippen molar-refractivity contribution in [1.29, 1.82) is 5.26 Å². The SMILES string of the molecule is Cc1csc(Sc2ncc(C#N)cc2N)n1. The molecule has 2 rings (SSSR count). The Kier molecular flexibility index (Phi) is 3.08. The van der Waals surface area contributed by atoms with E-state index in [-0.39, 0.29) is 0 Å². The number of thiazole rings is 1. The molecule has 2 aromatic rings. The zero-order valence-electron chi connectivity index (χ0n) is 8.47. The van der Waals surface area contributed by atoms with Gasteiger partial charge in [0.1, 0.15) is 11.1 Å². The molecule has 6 heteroatoms. The van der Waals surface area contributed by atoms with Gasteiger partial charge in [0.05, 0.1) is 11.3 Å². The number of aromatic nitrogens is 2. The van der Waals surface area contributed by atoms with Gasteiger partial charge in [0.2, 0.25) is 0 Å². The first-order valence-corrected chi connectivity index (χ1v) is 6.14. The molecule has 0 atom stereocenters. The largest absolute Gasteiger partial charge is 0.396 e. The Labute approximate surface area is 101 Å². The minimum atomic E-state index is 0.470. The molecule has 0 aliphatic rings. The van der Waals surface area contributed by atoms with Gasteiger partial charge in [-0.15, -0.1) is 11.3 Å². The topological polar surface area (TPSA) is 75.6 Å². The smallest absolute Gasteiger partial charge is 0.156 e. The zero-order chi connectivity index (χ0) is 11.5. The van der Waals surface area contributed by atoms with Crippen LogP contribution < -0.4 is 5.73 Å². The van der Waals surface area contributed by atoms with Crippen LogP contribution in [0, 0.1) is 18.3 Å². The number of nitrogens with two attached hydrogens (primary N) is 1. The quantitative estimate of drug-likeness (QED) is 0.883. The molecule has 0 saturated carbocycles. The first kappa shape index (κ1) is 10.9. The number of hydrogen-bond acceptors (Lipinski definition) is 6. The van der Waals surface area contributed by atoms with Crippen LogP contribution >= 0.6 is 23.1 Å². The Morgan fingerprint density at radius 2 is 2.38 bits per heavy atom. The van der Waals surface area contributed by atoms with E-state index in [1.807, 2.05) is 18.4 Å². The van der Waals surface area contributed by atoms with Crippen LogP contribution in [0.15, 0.2) is 27.0 Å². The summed E-state index contributed by atoms with van der Waals surface area (Å²) >= 11 is 2.97. The first-order valence-electron chi connectivity index (χ1n) is 4.44. The van der Waals surface area contributed by atoms with E-state index < -0.39 is 0 Å². The summed E-state index contributed by atoms with van der Waals surface area (Å²) in [5, 5.41) is 11.3. The molecule has 4 nitrogen and oxygen atoms in total. The summed E-state index contributed by atoms with van der Waals surface area (Å²) < 4.78 is 0.904. The molecular weight excluding hydrogens is 240 g/mol. The van der Waals surface area contributed by atoms with E-state index in [2.05, 4.69) is 9.97 Å². The molecule has 0 aromatic carbocycles. The minimum absolute atomic E-state index is 0.470. The van der Waals surface area contributed by atoms with Gasteiger partial charge >= 0.3 is 0 Å². The molecule has 0 fully saturated rings. The highest BCUT2D eigenvalue weighted by atomic mass is 32.2. The van der Waals surface area contributed by atoms with E-state index in [9.17, 15) is 0 Å². The van der Waals surface area contributed by atoms with Gasteiger partial charge < -0.3 is 5.73 Å². The van der Waals surface area contributed by atoms with Crippen molar-refractivity contribution < 1.29 is 0 Å². The van der Waals surface area contributed by atoms with Gasteiger partial charge in [-0.25, -0.2) is 9.97 Å². The van der Waals surface area contributed by atoms with Crippen LogP contribution in [0.2, 0.25) is 0 Å². The van der Waals surface area contributed by atoms with Gasteiger partial charge in [-0.1, -0.05) is 0 Å². The van der Waals surface area contributed by atoms with Crippen LogP contribution in [0.4, 0.5) is 5.69 Å². The van der Waals surface area contributed by atoms with Crippen molar-refractivity contribution in [2.45, 2.75) is 16.3 Å². The number of aryl methyl sites for hydroxylation is 1. The third kappa shape index (κ3) is 2.32. The molecule has 2 N–H and O–H groups in total. The van der Waals surface area contributed by atoms with Gasteiger partial charge in [-0.05, 0) is 24.8 Å². The third-order valence-corrected chi connectivity index (χ3v) is 3.88. The summed E-state index contributed by atoms with van der Waals surface area (Å²) in [5.41, 5.74) is 7.76. The van der Waals surface area contributed by atoms with E-state index in [4.69, 9.17) is 11.0 Å². The lowest BCUT2D eigenvalue weighted by atomic mass is 10.3. The van der Waals surface area contributed by atoms with Gasteiger partial charge in [0.15, 0.2) is 4.34 Å². The van der Waals surface area contributed by atoms with Crippen molar-refractivity contribution in [2.75, 3.05) is 5.73 Å². The molecule has 0 saturated heterocycles. The molecule has 16 heavy (non-hydrogen) atoms. The van der Waals surface area contributed by atoms with E-state index >= 15 is 0 Å². The predicted molar refractivity (Wildman–Crippen MR) is 64.3 cm³/mol. The van der Waals surface area contributed by atoms with Crippen LogP contribution in [0.5, 0.6) is 0 Å². The van der Waals surface area contributed by atoms with Gasteiger partial charge in [0.25, 0.3) is 0 Å². The second-order valence-electron chi connectivity index (χ2n) is 3.09. The third-order valence-electron chi connectivity index (χ3n) is 1.79. The van der Waals surface area contributed by atoms with Crippen LogP contribution in [0.3, 0.4) is 0 Å². The van der Waals surface area contributed by atoms with Crippen molar-refractivity contribution in [3.63, 3.8) is 0 Å². The molecule has 0 radical (unpaired) electrons. The number of pyridine rings is 1. The summed E-state index contributed by atoms with van der Waals surface area (Å²) in [7, 11) is 0. The van der Waals surface area contributed by atoms with Crippen molar-refractivity contribution in [3.8, 4) is 6.07 Å². The normalized spacial score (nSPS) is 10.0. The van der Waals surface area contributed by atoms with E-state index in [1.165, 1.54) is 18.0 Å². The summed E-state index contributed by atoms with van der Waals surface area (Å²) in [6, 6.07) is 3.62. The van der Waals surface area contributed by atoms with Gasteiger partial charge in [-0.3, -0.25) is 0 Å². The van der Waals surface area contributed by atoms with Crippen molar-refractivity contribution in [2.24, 2.45) is 0 Å². The summed E-state index contributed by atoms with van der Waals surface area (Å²) in [5.74, 6) is 0. The molecule has 0 bridgehead atoms. The van der Waals surface area contributed by atoms with Crippen molar-refractivity contribution in [3.05, 3.63) is 28.9 Å². The minimum Gasteiger partial charge on any atom is -0.396 e. The Hall–Kier alpha value is -1.58. The number of anilines is 1. The van der Waals surface area contributed by atoms with Crippen molar-refractivity contribution >= 4 is 28.8 Å². The maximum Gasteiger partial charge on any atom is 0.156 e. The highest BCUT2D eigenvalue weighted by Crippen LogP contribution is 2.32. The Morgan fingerprint density at radius 3 is 2.94 bits per heavy atom. The number of rotatable bonds is 2. The summed E-state index contributed by atoms with van der Waals surface area (Å²) in [4.78, 5) is 8.45.